The van der Waals surface area contributed by atoms with Crippen molar-refractivity contribution in [1.82, 2.24) is 20.1 Å². The molecule has 2 amide bonds. The molecule has 7 nitrogen and oxygen atoms in total. The van der Waals surface area contributed by atoms with E-state index in [2.05, 4.69) is 20.7 Å². The molecule has 0 saturated carbocycles. The van der Waals surface area contributed by atoms with Crippen molar-refractivity contribution in [3.63, 3.8) is 0 Å². The number of aromatic nitrogens is 3. The molecule has 4 rings (SSSR count). The highest BCUT2D eigenvalue weighted by Crippen LogP contribution is 2.35. The van der Waals surface area contributed by atoms with Gasteiger partial charge >= 0.3 is 0 Å². The Bertz CT molecular complexity index is 1330. The molecule has 31 heavy (non-hydrogen) atoms. The molecular weight excluding hydrogens is 437 g/mol. The fourth-order valence-electron chi connectivity index (χ4n) is 3.27. The first kappa shape index (κ1) is 20.8. The Morgan fingerprint density at radius 3 is 2.55 bits per heavy atom. The molecule has 0 atom stereocenters. The quantitative estimate of drug-likeness (QED) is 0.470. The van der Waals surface area contributed by atoms with Gasteiger partial charge in [0.05, 0.1) is 27.0 Å². The van der Waals surface area contributed by atoms with Gasteiger partial charge in [-0.3, -0.25) is 9.59 Å². The van der Waals surface area contributed by atoms with E-state index in [9.17, 15) is 9.59 Å². The Balaban J connectivity index is 1.82. The van der Waals surface area contributed by atoms with Gasteiger partial charge in [-0.1, -0.05) is 47.5 Å². The average Bonchev–Trinajstić information content (AvgIpc) is 3.16. The molecule has 2 aromatic carbocycles. The fourth-order valence-corrected chi connectivity index (χ4v) is 3.80. The zero-order valence-corrected chi connectivity index (χ0v) is 18.1. The fraction of sp³-hybridized carbons (Fsp3) is 0.0909. The molecule has 2 N–H and O–H groups in total. The van der Waals surface area contributed by atoms with Gasteiger partial charge in [-0.2, -0.15) is 5.10 Å². The number of hydrogen-bond acceptors (Lipinski definition) is 4. The molecule has 4 aromatic rings. The molecule has 0 unspecified atom stereocenters. The van der Waals surface area contributed by atoms with E-state index in [4.69, 9.17) is 23.2 Å². The molecule has 2 aromatic heterocycles. The van der Waals surface area contributed by atoms with Crippen LogP contribution in [0.25, 0.3) is 16.6 Å². The van der Waals surface area contributed by atoms with Crippen molar-refractivity contribution < 1.29 is 9.59 Å². The number of fused-ring (bicyclic) bond motifs is 1. The van der Waals surface area contributed by atoms with Crippen LogP contribution >= 0.6 is 23.2 Å². The SMILES string of the molecule is CNC(=O)c1cc2ccccc2c(Cl)c1NC(=O)c1cc(C)nn1-c1ncccc1Cl. The van der Waals surface area contributed by atoms with Crippen LogP contribution in [0.3, 0.4) is 0 Å². The second kappa shape index (κ2) is 8.37. The number of carbonyl (C=O) groups excluding carboxylic acids is 2. The zero-order chi connectivity index (χ0) is 22.1. The molecule has 0 saturated heterocycles. The maximum atomic E-state index is 13.3. The number of pyridine rings is 1. The molecular formula is C22H17Cl2N5O2. The monoisotopic (exact) mass is 453 g/mol. The highest BCUT2D eigenvalue weighted by Gasteiger charge is 2.23. The van der Waals surface area contributed by atoms with Crippen molar-refractivity contribution in [2.24, 2.45) is 0 Å². The van der Waals surface area contributed by atoms with Crippen molar-refractivity contribution >= 4 is 51.5 Å². The summed E-state index contributed by atoms with van der Waals surface area (Å²) in [5, 5.41) is 11.8. The number of carbonyl (C=O) groups is 2. The van der Waals surface area contributed by atoms with Gasteiger partial charge in [0.1, 0.15) is 5.69 Å². The second-order valence-corrected chi connectivity index (χ2v) is 7.54. The largest absolute Gasteiger partial charge is 0.355 e. The molecule has 0 bridgehead atoms. The molecule has 0 aliphatic heterocycles. The van der Waals surface area contributed by atoms with Crippen molar-refractivity contribution in [1.29, 1.82) is 0 Å². The van der Waals surface area contributed by atoms with Gasteiger partial charge < -0.3 is 10.6 Å². The van der Waals surface area contributed by atoms with Gasteiger partial charge in [-0.05, 0) is 36.6 Å². The third kappa shape index (κ3) is 3.85. The lowest BCUT2D eigenvalue weighted by atomic mass is 10.0. The van der Waals surface area contributed by atoms with E-state index >= 15 is 0 Å². The normalized spacial score (nSPS) is 10.8. The second-order valence-electron chi connectivity index (χ2n) is 6.76. The van der Waals surface area contributed by atoms with E-state index in [0.29, 0.717) is 21.9 Å². The Kier molecular flexibility index (Phi) is 5.63. The first-order valence-corrected chi connectivity index (χ1v) is 10.1. The number of benzene rings is 2. The Morgan fingerprint density at radius 1 is 1.03 bits per heavy atom. The van der Waals surface area contributed by atoms with Gasteiger partial charge in [0.15, 0.2) is 5.82 Å². The van der Waals surface area contributed by atoms with Crippen molar-refractivity contribution in [2.45, 2.75) is 6.92 Å². The van der Waals surface area contributed by atoms with Crippen LogP contribution in [-0.4, -0.2) is 33.6 Å². The summed E-state index contributed by atoms with van der Waals surface area (Å²) in [6.07, 6.45) is 1.56. The molecule has 0 aliphatic rings. The van der Waals surface area contributed by atoms with Crippen LogP contribution in [0.4, 0.5) is 5.69 Å². The molecule has 2 heterocycles. The number of aryl methyl sites for hydroxylation is 1. The Labute approximate surface area is 188 Å². The van der Waals surface area contributed by atoms with Crippen molar-refractivity contribution in [3.05, 3.63) is 81.7 Å². The molecule has 0 fully saturated rings. The minimum absolute atomic E-state index is 0.199. The van der Waals surface area contributed by atoms with E-state index in [-0.39, 0.29) is 27.9 Å². The Morgan fingerprint density at radius 2 is 1.81 bits per heavy atom. The van der Waals surface area contributed by atoms with Crippen LogP contribution in [0.15, 0.2) is 54.7 Å². The number of anilines is 1. The van der Waals surface area contributed by atoms with Gasteiger partial charge in [-0.15, -0.1) is 0 Å². The van der Waals surface area contributed by atoms with Gasteiger partial charge in [0.25, 0.3) is 11.8 Å². The summed E-state index contributed by atoms with van der Waals surface area (Å²) in [7, 11) is 1.51. The predicted molar refractivity (Wildman–Crippen MR) is 121 cm³/mol. The maximum Gasteiger partial charge on any atom is 0.274 e. The highest BCUT2D eigenvalue weighted by atomic mass is 35.5. The zero-order valence-electron chi connectivity index (χ0n) is 16.6. The lowest BCUT2D eigenvalue weighted by Gasteiger charge is -2.15. The summed E-state index contributed by atoms with van der Waals surface area (Å²) in [5.41, 5.74) is 1.26. The topological polar surface area (TPSA) is 88.9 Å². The number of nitrogens with one attached hydrogen (secondary N) is 2. The summed E-state index contributed by atoms with van der Waals surface area (Å²) in [6.45, 7) is 1.75. The van der Waals surface area contributed by atoms with Crippen LogP contribution < -0.4 is 10.6 Å². The number of halogens is 2. The van der Waals surface area contributed by atoms with Crippen molar-refractivity contribution in [3.8, 4) is 5.82 Å². The summed E-state index contributed by atoms with van der Waals surface area (Å²) >= 11 is 12.9. The smallest absolute Gasteiger partial charge is 0.274 e. The van der Waals surface area contributed by atoms with E-state index < -0.39 is 5.91 Å². The molecule has 9 heteroatoms. The first-order chi connectivity index (χ1) is 14.9. The van der Waals surface area contributed by atoms with Gasteiger partial charge in [0.2, 0.25) is 0 Å². The highest BCUT2D eigenvalue weighted by molar-refractivity contribution is 6.40. The summed E-state index contributed by atoms with van der Waals surface area (Å²) < 4.78 is 1.36. The standard InChI is InChI=1S/C22H17Cl2N5O2/c1-12-10-17(29(28-12)20-16(23)8-5-9-26-20)22(31)27-19-15(21(30)25-2)11-13-6-3-4-7-14(13)18(19)24/h3-11H,1-2H3,(H,25,30)(H,27,31). The third-order valence-electron chi connectivity index (χ3n) is 4.70. The van der Waals surface area contributed by atoms with E-state index in [1.54, 1.807) is 37.4 Å². The average molecular weight is 454 g/mol. The summed E-state index contributed by atoms with van der Waals surface area (Å²) in [6, 6.07) is 14.0. The minimum atomic E-state index is -0.510. The van der Waals surface area contributed by atoms with Gasteiger partial charge in [0, 0.05) is 18.6 Å². The third-order valence-corrected chi connectivity index (χ3v) is 5.39. The maximum absolute atomic E-state index is 13.3. The van der Waals surface area contributed by atoms with Crippen LogP contribution in [0, 0.1) is 6.92 Å². The number of rotatable bonds is 4. The van der Waals surface area contributed by atoms with Gasteiger partial charge in [-0.25, -0.2) is 9.67 Å². The number of amides is 2. The molecule has 0 aliphatic carbocycles. The van der Waals surface area contributed by atoms with Crippen LogP contribution in [-0.2, 0) is 0 Å². The summed E-state index contributed by atoms with van der Waals surface area (Å²) in [5.74, 6) is -0.566. The van der Waals surface area contributed by atoms with Crippen LogP contribution in [0.5, 0.6) is 0 Å². The number of hydrogen-bond donors (Lipinski definition) is 2. The summed E-state index contributed by atoms with van der Waals surface area (Å²) in [4.78, 5) is 30.0. The van der Waals surface area contributed by atoms with Crippen molar-refractivity contribution in [2.75, 3.05) is 12.4 Å². The van der Waals surface area contributed by atoms with Crippen LogP contribution in [0.1, 0.15) is 26.5 Å². The molecule has 156 valence electrons. The minimum Gasteiger partial charge on any atom is -0.355 e. The lowest BCUT2D eigenvalue weighted by Crippen LogP contribution is -2.23. The van der Waals surface area contributed by atoms with Crippen LogP contribution in [0.2, 0.25) is 10.0 Å². The van der Waals surface area contributed by atoms with E-state index in [1.807, 2.05) is 24.3 Å². The lowest BCUT2D eigenvalue weighted by molar-refractivity contribution is 0.0964. The Hall–Kier alpha value is -3.42. The number of nitrogens with zero attached hydrogens (tertiary/aromatic N) is 3. The van der Waals surface area contributed by atoms with E-state index in [1.165, 1.54) is 11.7 Å². The molecule has 0 radical (unpaired) electrons. The van der Waals surface area contributed by atoms with E-state index in [0.717, 1.165) is 5.39 Å². The predicted octanol–water partition coefficient (Wildman–Crippen LogP) is 4.65. The first-order valence-electron chi connectivity index (χ1n) is 9.33. The molecule has 0 spiro atoms.